The lowest BCUT2D eigenvalue weighted by molar-refractivity contribution is 0.0956. The number of halogens is 2. The van der Waals surface area contributed by atoms with Crippen LogP contribution in [0.3, 0.4) is 0 Å². The minimum atomic E-state index is -0.511. The van der Waals surface area contributed by atoms with Crippen molar-refractivity contribution < 1.29 is 18.4 Å². The van der Waals surface area contributed by atoms with Gasteiger partial charge in [0.15, 0.2) is 5.76 Å². The topological polar surface area (TPSA) is 83.7 Å². The SMILES string of the molecule is O=C(Nc1ccccc1C(=O)NN=Cc1ccc(F)c(Br)c1)c1ccco1. The lowest BCUT2D eigenvalue weighted by Crippen LogP contribution is -2.21. The van der Waals surface area contributed by atoms with Gasteiger partial charge in [0.2, 0.25) is 0 Å². The lowest BCUT2D eigenvalue weighted by Gasteiger charge is -2.08. The summed E-state index contributed by atoms with van der Waals surface area (Å²) >= 11 is 3.08. The van der Waals surface area contributed by atoms with Crippen LogP contribution in [0.5, 0.6) is 0 Å². The second-order valence-electron chi connectivity index (χ2n) is 5.35. The van der Waals surface area contributed by atoms with E-state index in [9.17, 15) is 14.0 Å². The van der Waals surface area contributed by atoms with Crippen LogP contribution in [0.2, 0.25) is 0 Å². The molecule has 0 radical (unpaired) electrons. The summed E-state index contributed by atoms with van der Waals surface area (Å²) in [6.45, 7) is 0. The molecule has 0 unspecified atom stereocenters. The van der Waals surface area contributed by atoms with Gasteiger partial charge in [0.1, 0.15) is 5.82 Å². The van der Waals surface area contributed by atoms with E-state index in [-0.39, 0.29) is 11.3 Å². The van der Waals surface area contributed by atoms with E-state index < -0.39 is 17.6 Å². The molecule has 0 atom stereocenters. The second kappa shape index (κ2) is 8.41. The fourth-order valence-electron chi connectivity index (χ4n) is 2.20. The first-order chi connectivity index (χ1) is 13.0. The fraction of sp³-hybridized carbons (Fsp3) is 0. The van der Waals surface area contributed by atoms with E-state index in [0.717, 1.165) is 0 Å². The highest BCUT2D eigenvalue weighted by molar-refractivity contribution is 9.10. The van der Waals surface area contributed by atoms with Crippen LogP contribution in [-0.2, 0) is 0 Å². The monoisotopic (exact) mass is 429 g/mol. The number of hydrogen-bond donors (Lipinski definition) is 2. The Morgan fingerprint density at radius 1 is 1.07 bits per heavy atom. The van der Waals surface area contributed by atoms with Crippen LogP contribution in [0.25, 0.3) is 0 Å². The van der Waals surface area contributed by atoms with Crippen molar-refractivity contribution in [3.8, 4) is 0 Å². The van der Waals surface area contributed by atoms with Crippen LogP contribution < -0.4 is 10.7 Å². The van der Waals surface area contributed by atoms with Gasteiger partial charge >= 0.3 is 0 Å². The molecule has 1 heterocycles. The van der Waals surface area contributed by atoms with Crippen LogP contribution in [0.4, 0.5) is 10.1 Å². The zero-order valence-corrected chi connectivity index (χ0v) is 15.4. The molecule has 136 valence electrons. The van der Waals surface area contributed by atoms with Gasteiger partial charge in [-0.25, -0.2) is 9.82 Å². The molecular weight excluding hydrogens is 417 g/mol. The van der Waals surface area contributed by atoms with E-state index in [2.05, 4.69) is 31.8 Å². The Bertz CT molecular complexity index is 1000. The summed E-state index contributed by atoms with van der Waals surface area (Å²) in [6, 6.07) is 13.9. The standard InChI is InChI=1S/C19H13BrFN3O3/c20-14-10-12(7-8-15(14)21)11-22-24-18(25)13-4-1-2-5-16(13)23-19(26)17-6-3-9-27-17/h1-11H,(H,23,26)(H,24,25). The predicted octanol–water partition coefficient (Wildman–Crippen LogP) is 4.20. The highest BCUT2D eigenvalue weighted by atomic mass is 79.9. The molecule has 2 N–H and O–H groups in total. The van der Waals surface area contributed by atoms with Crippen molar-refractivity contribution in [2.75, 3.05) is 5.32 Å². The first-order valence-electron chi connectivity index (χ1n) is 7.77. The zero-order valence-electron chi connectivity index (χ0n) is 13.8. The Kier molecular flexibility index (Phi) is 5.77. The molecule has 8 heteroatoms. The zero-order chi connectivity index (χ0) is 19.2. The number of nitrogens with zero attached hydrogens (tertiary/aromatic N) is 1. The minimum absolute atomic E-state index is 0.130. The number of hydrogen-bond acceptors (Lipinski definition) is 4. The Balaban J connectivity index is 1.70. The summed E-state index contributed by atoms with van der Waals surface area (Å²) in [6.07, 6.45) is 2.77. The maximum Gasteiger partial charge on any atom is 0.291 e. The molecule has 0 saturated heterocycles. The number of furan rings is 1. The van der Waals surface area contributed by atoms with Gasteiger partial charge in [-0.2, -0.15) is 5.10 Å². The molecule has 0 fully saturated rings. The Morgan fingerprint density at radius 2 is 1.89 bits per heavy atom. The molecule has 0 aliphatic rings. The Labute approximate surface area is 162 Å². The van der Waals surface area contributed by atoms with Gasteiger partial charge < -0.3 is 9.73 Å². The van der Waals surface area contributed by atoms with Gasteiger partial charge in [0, 0.05) is 0 Å². The van der Waals surface area contributed by atoms with Gasteiger partial charge in [-0.3, -0.25) is 9.59 Å². The van der Waals surface area contributed by atoms with Crippen molar-refractivity contribution in [3.05, 3.63) is 88.0 Å². The number of anilines is 1. The Morgan fingerprint density at radius 3 is 2.63 bits per heavy atom. The highest BCUT2D eigenvalue weighted by Gasteiger charge is 2.15. The number of hydrazone groups is 1. The third-order valence-corrected chi connectivity index (χ3v) is 4.10. The summed E-state index contributed by atoms with van der Waals surface area (Å²) in [5, 5.41) is 6.48. The number of nitrogens with one attached hydrogen (secondary N) is 2. The van der Waals surface area contributed by atoms with E-state index in [1.165, 1.54) is 36.7 Å². The quantitative estimate of drug-likeness (QED) is 0.470. The molecule has 2 amide bonds. The maximum atomic E-state index is 13.2. The number of para-hydroxylation sites is 1. The number of benzene rings is 2. The van der Waals surface area contributed by atoms with E-state index in [4.69, 9.17) is 4.42 Å². The molecule has 6 nitrogen and oxygen atoms in total. The van der Waals surface area contributed by atoms with Gasteiger partial charge in [-0.1, -0.05) is 18.2 Å². The van der Waals surface area contributed by atoms with Gasteiger partial charge in [0.25, 0.3) is 11.8 Å². The molecule has 0 saturated carbocycles. The molecule has 3 rings (SSSR count). The normalized spacial score (nSPS) is 10.7. The van der Waals surface area contributed by atoms with Gasteiger partial charge in [0.05, 0.1) is 28.2 Å². The van der Waals surface area contributed by atoms with Crippen molar-refractivity contribution in [2.45, 2.75) is 0 Å². The van der Waals surface area contributed by atoms with Crippen molar-refractivity contribution in [1.29, 1.82) is 0 Å². The number of rotatable bonds is 5. The van der Waals surface area contributed by atoms with Crippen LogP contribution >= 0.6 is 15.9 Å². The largest absolute Gasteiger partial charge is 0.459 e. The number of carbonyl (C=O) groups excluding carboxylic acids is 2. The minimum Gasteiger partial charge on any atom is -0.459 e. The third-order valence-electron chi connectivity index (χ3n) is 3.49. The van der Waals surface area contributed by atoms with Crippen LogP contribution in [0.15, 0.2) is 74.9 Å². The molecule has 27 heavy (non-hydrogen) atoms. The third kappa shape index (κ3) is 4.68. The molecule has 1 aromatic heterocycles. The van der Waals surface area contributed by atoms with Crippen LogP contribution in [0.1, 0.15) is 26.5 Å². The fourth-order valence-corrected chi connectivity index (χ4v) is 2.60. The first kappa shape index (κ1) is 18.5. The van der Waals surface area contributed by atoms with Crippen molar-refractivity contribution >= 4 is 39.6 Å². The maximum absolute atomic E-state index is 13.2. The summed E-state index contributed by atoms with van der Waals surface area (Å²) in [7, 11) is 0. The van der Waals surface area contributed by atoms with Crippen LogP contribution in [0, 0.1) is 5.82 Å². The average Bonchev–Trinajstić information content (AvgIpc) is 3.20. The highest BCUT2D eigenvalue weighted by Crippen LogP contribution is 2.17. The molecule has 0 spiro atoms. The van der Waals surface area contributed by atoms with E-state index in [0.29, 0.717) is 15.7 Å². The Hall–Kier alpha value is -3.26. The van der Waals surface area contributed by atoms with E-state index >= 15 is 0 Å². The lowest BCUT2D eigenvalue weighted by atomic mass is 10.1. The number of carbonyl (C=O) groups is 2. The first-order valence-corrected chi connectivity index (χ1v) is 8.56. The number of amides is 2. The van der Waals surface area contributed by atoms with Crippen molar-refractivity contribution in [1.82, 2.24) is 5.43 Å². The second-order valence-corrected chi connectivity index (χ2v) is 6.20. The molecule has 3 aromatic rings. The predicted molar refractivity (Wildman–Crippen MR) is 102 cm³/mol. The van der Waals surface area contributed by atoms with E-state index in [1.54, 1.807) is 30.3 Å². The van der Waals surface area contributed by atoms with Gasteiger partial charge in [-0.05, 0) is 57.9 Å². The average molecular weight is 430 g/mol. The summed E-state index contributed by atoms with van der Waals surface area (Å²) < 4.78 is 18.5. The molecule has 0 aliphatic heterocycles. The molecule has 0 aliphatic carbocycles. The van der Waals surface area contributed by atoms with E-state index in [1.807, 2.05) is 0 Å². The van der Waals surface area contributed by atoms with Crippen molar-refractivity contribution in [3.63, 3.8) is 0 Å². The van der Waals surface area contributed by atoms with Gasteiger partial charge in [-0.15, -0.1) is 0 Å². The summed E-state index contributed by atoms with van der Waals surface area (Å²) in [5.41, 5.74) is 3.52. The van der Waals surface area contributed by atoms with Crippen LogP contribution in [-0.4, -0.2) is 18.0 Å². The molecular formula is C19H13BrFN3O3. The van der Waals surface area contributed by atoms with Crippen molar-refractivity contribution in [2.24, 2.45) is 5.10 Å². The molecule has 0 bridgehead atoms. The summed E-state index contributed by atoms with van der Waals surface area (Å²) in [5.74, 6) is -1.25. The smallest absolute Gasteiger partial charge is 0.291 e. The summed E-state index contributed by atoms with van der Waals surface area (Å²) in [4.78, 5) is 24.5. The molecule has 2 aromatic carbocycles.